The molecule has 2 N–H and O–H groups in total. The third-order valence-corrected chi connectivity index (χ3v) is 2.73. The van der Waals surface area contributed by atoms with E-state index in [1.165, 1.54) is 0 Å². The highest BCUT2D eigenvalue weighted by Crippen LogP contribution is 2.15. The molecule has 5 heteroatoms. The Hall–Kier alpha value is -2.01. The average Bonchev–Trinajstić information content (AvgIpc) is 2.41. The van der Waals surface area contributed by atoms with Gasteiger partial charge in [-0.2, -0.15) is 0 Å². The number of nitrogens with two attached hydrogens (primary N) is 1. The van der Waals surface area contributed by atoms with Crippen molar-refractivity contribution in [1.29, 1.82) is 0 Å². The fourth-order valence-electron chi connectivity index (χ4n) is 1.76. The van der Waals surface area contributed by atoms with E-state index in [4.69, 9.17) is 10.5 Å². The van der Waals surface area contributed by atoms with Crippen LogP contribution < -0.4 is 10.5 Å². The maximum absolute atomic E-state index is 13.4. The molecule has 2 aromatic rings. The van der Waals surface area contributed by atoms with Crippen molar-refractivity contribution in [1.82, 2.24) is 4.98 Å². The summed E-state index contributed by atoms with van der Waals surface area (Å²) in [6.07, 6.45) is 2.23. The third kappa shape index (κ3) is 3.99. The zero-order valence-electron chi connectivity index (χ0n) is 11.1. The van der Waals surface area contributed by atoms with Gasteiger partial charge in [0.15, 0.2) is 0 Å². The van der Waals surface area contributed by atoms with E-state index in [1.807, 2.05) is 6.92 Å². The number of hydrogen-bond acceptors (Lipinski definition) is 3. The molecule has 1 aromatic carbocycles. The second kappa shape index (κ2) is 6.43. The van der Waals surface area contributed by atoms with Crippen molar-refractivity contribution in [2.45, 2.75) is 26.0 Å². The molecular weight excluding hydrogens is 262 g/mol. The first kappa shape index (κ1) is 14.4. The summed E-state index contributed by atoms with van der Waals surface area (Å²) in [5.41, 5.74) is 6.72. The van der Waals surface area contributed by atoms with Gasteiger partial charge < -0.3 is 10.5 Å². The van der Waals surface area contributed by atoms with E-state index in [-0.39, 0.29) is 18.2 Å². The highest BCUT2D eigenvalue weighted by molar-refractivity contribution is 5.22. The molecule has 20 heavy (non-hydrogen) atoms. The molecule has 0 saturated heterocycles. The van der Waals surface area contributed by atoms with Gasteiger partial charge in [-0.1, -0.05) is 0 Å². The molecule has 0 aliphatic heterocycles. The van der Waals surface area contributed by atoms with Gasteiger partial charge in [-0.15, -0.1) is 0 Å². The minimum Gasteiger partial charge on any atom is -0.487 e. The Morgan fingerprint density at radius 2 is 2.05 bits per heavy atom. The molecule has 0 bridgehead atoms. The normalized spacial score (nSPS) is 12.2. The summed E-state index contributed by atoms with van der Waals surface area (Å²) in [7, 11) is 0. The van der Waals surface area contributed by atoms with Gasteiger partial charge in [0.25, 0.3) is 0 Å². The zero-order chi connectivity index (χ0) is 14.5. The Morgan fingerprint density at radius 3 is 2.70 bits per heavy atom. The second-order valence-electron chi connectivity index (χ2n) is 4.69. The van der Waals surface area contributed by atoms with Crippen molar-refractivity contribution in [3.05, 3.63) is 59.4 Å². The van der Waals surface area contributed by atoms with E-state index >= 15 is 0 Å². The number of halogens is 2. The smallest absolute Gasteiger partial charge is 0.138 e. The van der Waals surface area contributed by atoms with Crippen LogP contribution in [0.2, 0.25) is 0 Å². The van der Waals surface area contributed by atoms with Gasteiger partial charge in [-0.3, -0.25) is 4.98 Å². The van der Waals surface area contributed by atoms with Gasteiger partial charge in [-0.25, -0.2) is 8.78 Å². The highest BCUT2D eigenvalue weighted by atomic mass is 19.1. The van der Waals surface area contributed by atoms with E-state index in [2.05, 4.69) is 4.98 Å². The van der Waals surface area contributed by atoms with Gasteiger partial charge in [0.05, 0.1) is 6.20 Å². The van der Waals surface area contributed by atoms with E-state index in [1.54, 1.807) is 18.3 Å². The molecular formula is C15H16F2N2O. The van der Waals surface area contributed by atoms with E-state index in [0.717, 1.165) is 23.9 Å². The van der Waals surface area contributed by atoms with Crippen LogP contribution in [0.25, 0.3) is 0 Å². The summed E-state index contributed by atoms with van der Waals surface area (Å²) < 4.78 is 31.8. The molecule has 1 aromatic heterocycles. The standard InChI is InChI=1S/C15H16F2N2O/c1-10(18)6-13-3-4-14(8-19-13)20-9-11-7-12(16)2-5-15(11)17/h2-5,7-8,10H,6,9,18H2,1H3. The predicted molar refractivity (Wildman–Crippen MR) is 72.3 cm³/mol. The fraction of sp³-hybridized carbons (Fsp3) is 0.267. The van der Waals surface area contributed by atoms with Gasteiger partial charge in [0.2, 0.25) is 0 Å². The molecule has 0 aliphatic carbocycles. The number of nitrogens with zero attached hydrogens (tertiary/aromatic N) is 1. The average molecular weight is 278 g/mol. The van der Waals surface area contributed by atoms with Crippen LogP contribution in [-0.2, 0) is 13.0 Å². The highest BCUT2D eigenvalue weighted by Gasteiger charge is 2.05. The molecule has 0 aliphatic rings. The first-order valence-electron chi connectivity index (χ1n) is 6.32. The molecule has 106 valence electrons. The molecule has 0 saturated carbocycles. The molecule has 3 nitrogen and oxygen atoms in total. The number of aromatic nitrogens is 1. The summed E-state index contributed by atoms with van der Waals surface area (Å²) in [5, 5.41) is 0. The lowest BCUT2D eigenvalue weighted by molar-refractivity contribution is 0.297. The number of ether oxygens (including phenoxy) is 1. The quantitative estimate of drug-likeness (QED) is 0.915. The Balaban J connectivity index is 1.98. The summed E-state index contributed by atoms with van der Waals surface area (Å²) in [4.78, 5) is 4.20. The minimum absolute atomic E-state index is 0.0376. The maximum Gasteiger partial charge on any atom is 0.138 e. The van der Waals surface area contributed by atoms with Crippen LogP contribution in [0.15, 0.2) is 36.5 Å². The summed E-state index contributed by atoms with van der Waals surface area (Å²) in [6.45, 7) is 1.86. The van der Waals surface area contributed by atoms with Crippen LogP contribution in [0.4, 0.5) is 8.78 Å². The van der Waals surface area contributed by atoms with Crippen molar-refractivity contribution in [2.75, 3.05) is 0 Å². The van der Waals surface area contributed by atoms with Crippen LogP contribution in [0, 0.1) is 11.6 Å². The Morgan fingerprint density at radius 1 is 1.25 bits per heavy atom. The van der Waals surface area contributed by atoms with Gasteiger partial charge in [0.1, 0.15) is 24.0 Å². The molecule has 0 radical (unpaired) electrons. The van der Waals surface area contributed by atoms with Crippen LogP contribution in [0.3, 0.4) is 0 Å². The minimum atomic E-state index is -0.493. The lowest BCUT2D eigenvalue weighted by Gasteiger charge is -2.08. The van der Waals surface area contributed by atoms with E-state index < -0.39 is 11.6 Å². The fourth-order valence-corrected chi connectivity index (χ4v) is 1.76. The van der Waals surface area contributed by atoms with Crippen LogP contribution in [0.5, 0.6) is 5.75 Å². The third-order valence-electron chi connectivity index (χ3n) is 2.73. The van der Waals surface area contributed by atoms with E-state index in [9.17, 15) is 8.78 Å². The van der Waals surface area contributed by atoms with Gasteiger partial charge in [0, 0.05) is 23.7 Å². The SMILES string of the molecule is CC(N)Cc1ccc(OCc2cc(F)ccc2F)cn1. The molecule has 2 rings (SSSR count). The van der Waals surface area contributed by atoms with Crippen LogP contribution in [0.1, 0.15) is 18.2 Å². The number of hydrogen-bond donors (Lipinski definition) is 1. The number of benzene rings is 1. The Bertz CT molecular complexity index is 571. The monoisotopic (exact) mass is 278 g/mol. The molecule has 0 amide bonds. The summed E-state index contributed by atoms with van der Waals surface area (Å²) >= 11 is 0. The Kier molecular flexibility index (Phi) is 4.63. The van der Waals surface area contributed by atoms with E-state index in [0.29, 0.717) is 12.2 Å². The summed E-state index contributed by atoms with van der Waals surface area (Å²) in [6, 6.07) is 6.85. The second-order valence-corrected chi connectivity index (χ2v) is 4.69. The molecule has 1 unspecified atom stereocenters. The van der Waals surface area contributed by atoms with Crippen molar-refractivity contribution in [2.24, 2.45) is 5.73 Å². The molecule has 0 fully saturated rings. The molecule has 1 atom stereocenters. The van der Waals surface area contributed by atoms with Crippen molar-refractivity contribution >= 4 is 0 Å². The summed E-state index contributed by atoms with van der Waals surface area (Å²) in [5.74, 6) is -0.481. The van der Waals surface area contributed by atoms with Crippen molar-refractivity contribution in [3.8, 4) is 5.75 Å². The van der Waals surface area contributed by atoms with Gasteiger partial charge >= 0.3 is 0 Å². The number of pyridine rings is 1. The number of rotatable bonds is 5. The van der Waals surface area contributed by atoms with Crippen LogP contribution >= 0.6 is 0 Å². The molecule has 0 spiro atoms. The lowest BCUT2D eigenvalue weighted by atomic mass is 10.2. The van der Waals surface area contributed by atoms with Gasteiger partial charge in [-0.05, 0) is 37.3 Å². The maximum atomic E-state index is 13.4. The topological polar surface area (TPSA) is 48.1 Å². The zero-order valence-corrected chi connectivity index (χ0v) is 11.1. The van der Waals surface area contributed by atoms with Crippen molar-refractivity contribution in [3.63, 3.8) is 0 Å². The Labute approximate surface area is 116 Å². The first-order chi connectivity index (χ1) is 9.54. The van der Waals surface area contributed by atoms with Crippen LogP contribution in [-0.4, -0.2) is 11.0 Å². The molecule has 1 heterocycles. The van der Waals surface area contributed by atoms with Crippen molar-refractivity contribution < 1.29 is 13.5 Å². The first-order valence-corrected chi connectivity index (χ1v) is 6.32. The largest absolute Gasteiger partial charge is 0.487 e. The lowest BCUT2D eigenvalue weighted by Crippen LogP contribution is -2.18. The predicted octanol–water partition coefficient (Wildman–Crippen LogP) is 2.83.